The third-order valence-electron chi connectivity index (χ3n) is 5.53. The average molecular weight is 355 g/mol. The van der Waals surface area contributed by atoms with Crippen molar-refractivity contribution >= 4 is 0 Å². The molecule has 2 nitrogen and oxygen atoms in total. The molecule has 2 aromatic rings. The molecule has 3 rings (SSSR count). The summed E-state index contributed by atoms with van der Waals surface area (Å²) in [5, 5.41) is 3.65. The summed E-state index contributed by atoms with van der Waals surface area (Å²) in [4.78, 5) is 0. The van der Waals surface area contributed by atoms with Gasteiger partial charge in [-0.3, -0.25) is 0 Å². The van der Waals surface area contributed by atoms with Crippen LogP contribution in [0.1, 0.15) is 47.4 Å². The fraction of sp³-hybridized carbons (Fsp3) is 0.478. The zero-order chi connectivity index (χ0) is 18.4. The highest BCUT2D eigenvalue weighted by Gasteiger charge is 2.20. The van der Waals surface area contributed by atoms with Crippen molar-refractivity contribution in [3.05, 3.63) is 70.5 Å². The Morgan fingerprint density at radius 2 is 1.81 bits per heavy atom. The van der Waals surface area contributed by atoms with Gasteiger partial charge in [0.25, 0.3) is 0 Å². The molecule has 1 unspecified atom stereocenters. The molecule has 1 fully saturated rings. The lowest BCUT2D eigenvalue weighted by Crippen LogP contribution is -2.32. The van der Waals surface area contributed by atoms with Crippen LogP contribution in [-0.4, -0.2) is 19.7 Å². The van der Waals surface area contributed by atoms with E-state index in [2.05, 4.69) is 37.4 Å². The molecule has 0 spiro atoms. The van der Waals surface area contributed by atoms with Crippen LogP contribution in [-0.2, 0) is 11.3 Å². The van der Waals surface area contributed by atoms with Crippen molar-refractivity contribution in [2.75, 3.05) is 19.7 Å². The third kappa shape index (κ3) is 4.93. The highest BCUT2D eigenvalue weighted by molar-refractivity contribution is 5.37. The van der Waals surface area contributed by atoms with E-state index in [1.54, 1.807) is 12.1 Å². The molecule has 1 atom stereocenters. The molecule has 1 aliphatic rings. The van der Waals surface area contributed by atoms with Crippen LogP contribution in [0.5, 0.6) is 0 Å². The van der Waals surface area contributed by atoms with E-state index < -0.39 is 0 Å². The lowest BCUT2D eigenvalue weighted by molar-refractivity contribution is 0.103. The van der Waals surface area contributed by atoms with Crippen LogP contribution in [0, 0.1) is 25.6 Å². The van der Waals surface area contributed by atoms with Crippen molar-refractivity contribution in [3.8, 4) is 0 Å². The smallest absolute Gasteiger partial charge is 0.128 e. The summed E-state index contributed by atoms with van der Waals surface area (Å²) >= 11 is 0. The average Bonchev–Trinajstić information content (AvgIpc) is 2.58. The maximum absolute atomic E-state index is 13.8. The fourth-order valence-electron chi connectivity index (χ4n) is 3.80. The van der Waals surface area contributed by atoms with Crippen LogP contribution < -0.4 is 5.32 Å². The Kier molecular flexibility index (Phi) is 6.81. The van der Waals surface area contributed by atoms with E-state index in [4.69, 9.17) is 4.74 Å². The quantitative estimate of drug-likeness (QED) is 0.673. The van der Waals surface area contributed by atoms with E-state index in [0.717, 1.165) is 19.0 Å². The summed E-state index contributed by atoms with van der Waals surface area (Å²) in [5.41, 5.74) is 4.59. The first kappa shape index (κ1) is 19.1. The molecule has 0 aliphatic heterocycles. The predicted octanol–water partition coefficient (Wildman–Crippen LogP) is 5.13. The molecule has 1 saturated carbocycles. The van der Waals surface area contributed by atoms with Crippen LogP contribution >= 0.6 is 0 Å². The van der Waals surface area contributed by atoms with Gasteiger partial charge in [0.1, 0.15) is 5.82 Å². The highest BCUT2D eigenvalue weighted by Crippen LogP contribution is 2.27. The normalized spacial score (nSPS) is 15.7. The Morgan fingerprint density at radius 3 is 2.46 bits per heavy atom. The summed E-state index contributed by atoms with van der Waals surface area (Å²) in [5.74, 6) is 0.926. The minimum atomic E-state index is -0.195. The third-order valence-corrected chi connectivity index (χ3v) is 5.53. The molecular weight excluding hydrogens is 325 g/mol. The Labute approximate surface area is 156 Å². The minimum absolute atomic E-state index is 0.195. The van der Waals surface area contributed by atoms with E-state index >= 15 is 0 Å². The Bertz CT molecular complexity index is 691. The van der Waals surface area contributed by atoms with Crippen molar-refractivity contribution < 1.29 is 9.13 Å². The molecule has 26 heavy (non-hydrogen) atoms. The van der Waals surface area contributed by atoms with E-state index in [9.17, 15) is 4.39 Å². The first-order chi connectivity index (χ1) is 12.6. The topological polar surface area (TPSA) is 21.3 Å². The Balaban J connectivity index is 1.62. The van der Waals surface area contributed by atoms with Gasteiger partial charge in [-0.2, -0.15) is 0 Å². The van der Waals surface area contributed by atoms with Gasteiger partial charge in [-0.25, -0.2) is 4.39 Å². The van der Waals surface area contributed by atoms with Gasteiger partial charge in [-0.15, -0.1) is 0 Å². The lowest BCUT2D eigenvalue weighted by atomic mass is 9.85. The second-order valence-electron chi connectivity index (χ2n) is 7.56. The number of ether oxygens (including phenoxy) is 1. The summed E-state index contributed by atoms with van der Waals surface area (Å²) in [6.07, 6.45) is 4.08. The molecule has 1 N–H and O–H groups in total. The lowest BCUT2D eigenvalue weighted by Gasteiger charge is -2.28. The van der Waals surface area contributed by atoms with E-state index in [1.807, 2.05) is 6.07 Å². The number of benzene rings is 2. The van der Waals surface area contributed by atoms with Gasteiger partial charge in [0.15, 0.2) is 0 Å². The number of hydrogen-bond acceptors (Lipinski definition) is 2. The highest BCUT2D eigenvalue weighted by atomic mass is 19.1. The zero-order valence-corrected chi connectivity index (χ0v) is 15.9. The van der Waals surface area contributed by atoms with Gasteiger partial charge >= 0.3 is 0 Å². The van der Waals surface area contributed by atoms with Gasteiger partial charge in [-0.05, 0) is 61.9 Å². The van der Waals surface area contributed by atoms with Crippen molar-refractivity contribution in [1.29, 1.82) is 0 Å². The monoisotopic (exact) mass is 355 g/mol. The SMILES string of the molecule is Cc1cccc(C)c1C(CNCC1CCC1)COCc1ccccc1F. The summed E-state index contributed by atoms with van der Waals surface area (Å²) in [7, 11) is 0. The van der Waals surface area contributed by atoms with Crippen LogP contribution in [0.15, 0.2) is 42.5 Å². The standard InChI is InChI=1S/C23H30FNO/c1-17-7-5-8-18(2)23(17)21(14-25-13-19-9-6-10-19)16-26-15-20-11-3-4-12-22(20)24/h3-5,7-8,11-12,19,21,25H,6,9-10,13-16H2,1-2H3. The van der Waals surface area contributed by atoms with E-state index in [-0.39, 0.29) is 11.7 Å². The zero-order valence-electron chi connectivity index (χ0n) is 15.9. The van der Waals surface area contributed by atoms with Crippen LogP contribution in [0.25, 0.3) is 0 Å². The maximum atomic E-state index is 13.8. The summed E-state index contributed by atoms with van der Waals surface area (Å²) < 4.78 is 19.8. The van der Waals surface area contributed by atoms with Gasteiger partial charge in [0.05, 0.1) is 13.2 Å². The van der Waals surface area contributed by atoms with Gasteiger partial charge < -0.3 is 10.1 Å². The molecule has 0 heterocycles. The fourth-order valence-corrected chi connectivity index (χ4v) is 3.80. The number of nitrogens with one attached hydrogen (secondary N) is 1. The molecule has 0 saturated heterocycles. The van der Waals surface area contributed by atoms with Crippen LogP contribution in [0.2, 0.25) is 0 Å². The van der Waals surface area contributed by atoms with E-state index in [1.165, 1.54) is 42.0 Å². The van der Waals surface area contributed by atoms with Gasteiger partial charge in [0.2, 0.25) is 0 Å². The van der Waals surface area contributed by atoms with Crippen molar-refractivity contribution in [2.24, 2.45) is 5.92 Å². The van der Waals surface area contributed by atoms with Crippen LogP contribution in [0.4, 0.5) is 4.39 Å². The van der Waals surface area contributed by atoms with Crippen molar-refractivity contribution in [1.82, 2.24) is 5.32 Å². The Hall–Kier alpha value is -1.71. The second-order valence-corrected chi connectivity index (χ2v) is 7.56. The molecule has 3 heteroatoms. The number of hydrogen-bond donors (Lipinski definition) is 1. The van der Waals surface area contributed by atoms with Crippen LogP contribution in [0.3, 0.4) is 0 Å². The molecule has 2 aromatic carbocycles. The summed E-state index contributed by atoms with van der Waals surface area (Å²) in [6.45, 7) is 7.24. The second kappa shape index (κ2) is 9.29. The predicted molar refractivity (Wildman–Crippen MR) is 105 cm³/mol. The van der Waals surface area contributed by atoms with Gasteiger partial charge in [0, 0.05) is 18.0 Å². The molecule has 0 amide bonds. The molecule has 0 radical (unpaired) electrons. The maximum Gasteiger partial charge on any atom is 0.128 e. The largest absolute Gasteiger partial charge is 0.376 e. The molecule has 0 bridgehead atoms. The van der Waals surface area contributed by atoms with Crippen molar-refractivity contribution in [2.45, 2.75) is 45.6 Å². The Morgan fingerprint density at radius 1 is 1.08 bits per heavy atom. The van der Waals surface area contributed by atoms with Gasteiger partial charge in [-0.1, -0.05) is 42.8 Å². The summed E-state index contributed by atoms with van der Waals surface area (Å²) in [6, 6.07) is 13.3. The molecular formula is C23H30FNO. The van der Waals surface area contributed by atoms with E-state index in [0.29, 0.717) is 18.8 Å². The number of halogens is 1. The first-order valence-electron chi connectivity index (χ1n) is 9.73. The van der Waals surface area contributed by atoms with Crippen molar-refractivity contribution in [3.63, 3.8) is 0 Å². The minimum Gasteiger partial charge on any atom is -0.376 e. The molecule has 0 aromatic heterocycles. The molecule has 140 valence electrons. The number of rotatable bonds is 9. The number of aryl methyl sites for hydroxylation is 2. The first-order valence-corrected chi connectivity index (χ1v) is 9.73. The molecule has 1 aliphatic carbocycles.